The van der Waals surface area contributed by atoms with Crippen LogP contribution in [-0.2, 0) is 19.9 Å². The molecule has 0 spiro atoms. The molecule has 1 N–H and O–H groups in total. The Balaban J connectivity index is 2.36. The molecule has 0 bridgehead atoms. The van der Waals surface area contributed by atoms with Crippen molar-refractivity contribution in [3.63, 3.8) is 0 Å². The van der Waals surface area contributed by atoms with Gasteiger partial charge in [-0.1, -0.05) is 6.92 Å². The van der Waals surface area contributed by atoms with Crippen LogP contribution in [0.4, 0.5) is 4.39 Å². The average Bonchev–Trinajstić information content (AvgIpc) is 2.25. The summed E-state index contributed by atoms with van der Waals surface area (Å²) in [5.74, 6) is -0.521. The third-order valence-electron chi connectivity index (χ3n) is 3.32. The highest BCUT2D eigenvalue weighted by Gasteiger charge is 2.31. The smallest absolute Gasteiger partial charge is 0.224 e. The van der Waals surface area contributed by atoms with Crippen LogP contribution < -0.4 is 4.72 Å². The van der Waals surface area contributed by atoms with Crippen molar-refractivity contribution in [3.05, 3.63) is 24.0 Å². The summed E-state index contributed by atoms with van der Waals surface area (Å²) < 4.78 is 63.1. The summed E-state index contributed by atoms with van der Waals surface area (Å²) in [7, 11) is -7.64. The van der Waals surface area contributed by atoms with Gasteiger partial charge in [0, 0.05) is 12.3 Å². The van der Waals surface area contributed by atoms with Crippen LogP contribution in [0.25, 0.3) is 0 Å². The summed E-state index contributed by atoms with van der Waals surface area (Å²) in [4.78, 5) is -0.846. The highest BCUT2D eigenvalue weighted by atomic mass is 32.2. The van der Waals surface area contributed by atoms with Gasteiger partial charge >= 0.3 is 0 Å². The quantitative estimate of drug-likeness (QED) is 0.848. The summed E-state index contributed by atoms with van der Waals surface area (Å²) in [5, 5.41) is 0. The first kappa shape index (κ1) is 15.4. The highest BCUT2D eigenvalue weighted by molar-refractivity contribution is 7.91. The number of sulfonamides is 1. The first-order chi connectivity index (χ1) is 9.09. The third-order valence-corrected chi connectivity index (χ3v) is 5.96. The second kappa shape index (κ2) is 5.09. The minimum absolute atomic E-state index is 0.212. The highest BCUT2D eigenvalue weighted by Crippen LogP contribution is 2.28. The van der Waals surface area contributed by atoms with Crippen molar-refractivity contribution in [1.82, 2.24) is 4.72 Å². The fourth-order valence-corrected chi connectivity index (χ4v) is 4.29. The number of sulfone groups is 1. The Morgan fingerprint density at radius 3 is 2.30 bits per heavy atom. The van der Waals surface area contributed by atoms with Gasteiger partial charge in [0.2, 0.25) is 10.0 Å². The van der Waals surface area contributed by atoms with E-state index < -0.39 is 30.6 Å². The molecule has 0 unspecified atom stereocenters. The van der Waals surface area contributed by atoms with E-state index in [1.54, 1.807) is 0 Å². The minimum atomic E-state index is -4.05. The van der Waals surface area contributed by atoms with Gasteiger partial charge in [0.25, 0.3) is 0 Å². The van der Waals surface area contributed by atoms with Gasteiger partial charge in [-0.25, -0.2) is 25.9 Å². The zero-order valence-corrected chi connectivity index (χ0v) is 12.8. The summed E-state index contributed by atoms with van der Waals surface area (Å²) in [6, 6.07) is 2.55. The van der Waals surface area contributed by atoms with E-state index in [1.165, 1.54) is 0 Å². The van der Waals surface area contributed by atoms with Crippen LogP contribution in [0.5, 0.6) is 0 Å². The number of hydrogen-bond acceptors (Lipinski definition) is 4. The van der Waals surface area contributed by atoms with Gasteiger partial charge in [0.05, 0.1) is 4.90 Å². The van der Waals surface area contributed by atoms with Crippen molar-refractivity contribution in [2.45, 2.75) is 35.6 Å². The molecule has 1 aliphatic carbocycles. The first-order valence-corrected chi connectivity index (χ1v) is 9.49. The Kier molecular flexibility index (Phi) is 3.92. The van der Waals surface area contributed by atoms with Crippen molar-refractivity contribution in [3.8, 4) is 0 Å². The molecule has 112 valence electrons. The Morgan fingerprint density at radius 1 is 1.20 bits per heavy atom. The molecule has 1 fully saturated rings. The Labute approximate surface area is 118 Å². The molecule has 5 nitrogen and oxygen atoms in total. The molecule has 0 radical (unpaired) electrons. The molecule has 0 amide bonds. The lowest BCUT2D eigenvalue weighted by molar-refractivity contribution is 0.270. The molecule has 0 heterocycles. The lowest BCUT2D eigenvalue weighted by Crippen LogP contribution is -2.43. The van der Waals surface area contributed by atoms with Crippen molar-refractivity contribution >= 4 is 19.9 Å². The van der Waals surface area contributed by atoms with Crippen LogP contribution in [0.3, 0.4) is 0 Å². The van der Waals surface area contributed by atoms with E-state index in [1.807, 2.05) is 6.92 Å². The molecule has 8 heteroatoms. The van der Waals surface area contributed by atoms with Gasteiger partial charge in [0.1, 0.15) is 10.7 Å². The lowest BCUT2D eigenvalue weighted by Gasteiger charge is -2.32. The van der Waals surface area contributed by atoms with Crippen molar-refractivity contribution in [2.24, 2.45) is 5.92 Å². The van der Waals surface area contributed by atoms with E-state index in [0.717, 1.165) is 24.5 Å². The molecule has 20 heavy (non-hydrogen) atoms. The molecule has 1 aromatic carbocycles. The normalized spacial score (nSPS) is 23.4. The van der Waals surface area contributed by atoms with Crippen LogP contribution in [-0.4, -0.2) is 29.1 Å². The van der Waals surface area contributed by atoms with E-state index >= 15 is 0 Å². The maximum Gasteiger partial charge on any atom is 0.243 e. The molecular weight excluding hydrogens is 305 g/mol. The summed E-state index contributed by atoms with van der Waals surface area (Å²) in [6.07, 6.45) is 2.34. The second-order valence-corrected chi connectivity index (χ2v) is 8.96. The second-order valence-electron chi connectivity index (χ2n) is 5.26. The fourth-order valence-electron chi connectivity index (χ4n) is 2.20. The zero-order valence-electron chi connectivity index (χ0n) is 11.1. The maximum atomic E-state index is 13.7. The predicted octanol–water partition coefficient (Wildman–Crippen LogP) is 1.31. The van der Waals surface area contributed by atoms with Gasteiger partial charge in [0.15, 0.2) is 9.84 Å². The summed E-state index contributed by atoms with van der Waals surface area (Å²) in [5.41, 5.74) is 0. The Bertz CT molecular complexity index is 722. The number of hydrogen-bond donors (Lipinski definition) is 1. The van der Waals surface area contributed by atoms with Crippen LogP contribution in [0.15, 0.2) is 28.0 Å². The predicted molar refractivity (Wildman–Crippen MR) is 72.0 cm³/mol. The topological polar surface area (TPSA) is 80.3 Å². The van der Waals surface area contributed by atoms with Gasteiger partial charge < -0.3 is 0 Å². The van der Waals surface area contributed by atoms with Gasteiger partial charge in [-0.3, -0.25) is 0 Å². The van der Waals surface area contributed by atoms with Gasteiger partial charge in [-0.05, 0) is 37.0 Å². The maximum absolute atomic E-state index is 13.7. The van der Waals surface area contributed by atoms with E-state index in [2.05, 4.69) is 4.72 Å². The van der Waals surface area contributed by atoms with Gasteiger partial charge in [-0.15, -0.1) is 0 Å². The molecule has 0 aromatic heterocycles. The lowest BCUT2D eigenvalue weighted by atomic mass is 9.83. The standard InChI is InChI=1S/C12H16FNO4S2/c1-8-5-9(6-8)14-20(17,18)12-7-10(19(2,15)16)3-4-11(12)13/h3-4,7-9,14H,5-6H2,1-2H3. The Morgan fingerprint density at radius 2 is 1.80 bits per heavy atom. The number of benzene rings is 1. The number of nitrogens with one attached hydrogen (secondary N) is 1. The molecule has 0 saturated heterocycles. The van der Waals surface area contributed by atoms with Gasteiger partial charge in [-0.2, -0.15) is 0 Å². The fraction of sp³-hybridized carbons (Fsp3) is 0.500. The molecular formula is C12H16FNO4S2. The van der Waals surface area contributed by atoms with E-state index in [-0.39, 0.29) is 10.9 Å². The van der Waals surface area contributed by atoms with Crippen LogP contribution in [0.1, 0.15) is 19.8 Å². The molecule has 0 aliphatic heterocycles. The summed E-state index contributed by atoms with van der Waals surface area (Å²) in [6.45, 7) is 2.00. The number of halogens is 1. The molecule has 1 aliphatic rings. The van der Waals surface area contributed by atoms with Crippen LogP contribution >= 0.6 is 0 Å². The molecule has 1 aromatic rings. The average molecular weight is 321 g/mol. The molecule has 0 atom stereocenters. The zero-order chi connectivity index (χ0) is 15.1. The summed E-state index contributed by atoms with van der Waals surface area (Å²) >= 11 is 0. The third kappa shape index (κ3) is 3.18. The molecule has 1 saturated carbocycles. The minimum Gasteiger partial charge on any atom is -0.224 e. The van der Waals surface area contributed by atoms with E-state index in [4.69, 9.17) is 0 Å². The van der Waals surface area contributed by atoms with Crippen molar-refractivity contribution in [2.75, 3.05) is 6.26 Å². The van der Waals surface area contributed by atoms with E-state index in [0.29, 0.717) is 18.8 Å². The van der Waals surface area contributed by atoms with Crippen molar-refractivity contribution in [1.29, 1.82) is 0 Å². The monoisotopic (exact) mass is 321 g/mol. The SMILES string of the molecule is CC1CC(NS(=O)(=O)c2cc(S(C)(=O)=O)ccc2F)C1. The van der Waals surface area contributed by atoms with E-state index in [9.17, 15) is 21.2 Å². The van der Waals surface area contributed by atoms with Crippen LogP contribution in [0, 0.1) is 11.7 Å². The Hall–Kier alpha value is -0.990. The van der Waals surface area contributed by atoms with Crippen LogP contribution in [0.2, 0.25) is 0 Å². The first-order valence-electron chi connectivity index (χ1n) is 6.11. The largest absolute Gasteiger partial charge is 0.243 e. The molecule has 2 rings (SSSR count). The number of rotatable bonds is 4. The van der Waals surface area contributed by atoms with Crippen molar-refractivity contribution < 1.29 is 21.2 Å².